The molecule has 1 saturated heterocycles. The van der Waals surface area contributed by atoms with Crippen molar-refractivity contribution in [1.29, 1.82) is 0 Å². The van der Waals surface area contributed by atoms with E-state index in [0.29, 0.717) is 45.2 Å². The number of likely N-dealkylation sites (tertiary alicyclic amines) is 1. The average molecular weight is 534 g/mol. The Morgan fingerprint density at radius 2 is 1.61 bits per heavy atom. The number of nitrogens with zero attached hydrogens (tertiary/aromatic N) is 1. The number of unbranched alkanes of at least 4 members (excludes halogenated alkanes) is 1. The lowest BCUT2D eigenvalue weighted by molar-refractivity contribution is -0.163. The van der Waals surface area contributed by atoms with Gasteiger partial charge in [-0.2, -0.15) is 0 Å². The zero-order valence-corrected chi connectivity index (χ0v) is 23.5. The topological polar surface area (TPSA) is 123 Å². The number of hydrogen-bond donors (Lipinski definition) is 2. The molecule has 0 bridgehead atoms. The maximum Gasteiger partial charge on any atom is 0.408 e. The molecule has 1 aliphatic rings. The van der Waals surface area contributed by atoms with Crippen LogP contribution in [0.2, 0.25) is 0 Å². The summed E-state index contributed by atoms with van der Waals surface area (Å²) in [5.41, 5.74) is -0.441. The first kappa shape index (κ1) is 30.9. The Hall–Kier alpha value is -3.30. The van der Waals surface area contributed by atoms with Crippen LogP contribution in [0.1, 0.15) is 79.2 Å². The molecule has 2 rings (SSSR count). The molecule has 0 aromatic heterocycles. The SMILES string of the molecule is CC(C)(C)OC(=O)NCCCC[C@H](NC(=O)OCc1ccccc1)C(=O)N1CCC[C@H]1C(=O)OC(C)(C)C. The summed E-state index contributed by atoms with van der Waals surface area (Å²) in [6.07, 6.45) is 1.37. The molecule has 10 heteroatoms. The number of carbonyl (C=O) groups is 4. The van der Waals surface area contributed by atoms with Gasteiger partial charge in [0.15, 0.2) is 0 Å². The third-order valence-electron chi connectivity index (χ3n) is 5.61. The van der Waals surface area contributed by atoms with Crippen molar-refractivity contribution in [1.82, 2.24) is 15.5 Å². The molecule has 1 aromatic rings. The lowest BCUT2D eigenvalue weighted by Crippen LogP contribution is -2.52. The number of benzene rings is 1. The van der Waals surface area contributed by atoms with Crippen molar-refractivity contribution >= 4 is 24.1 Å². The van der Waals surface area contributed by atoms with Crippen molar-refractivity contribution < 1.29 is 33.4 Å². The fourth-order valence-corrected chi connectivity index (χ4v) is 3.99. The summed E-state index contributed by atoms with van der Waals surface area (Å²) >= 11 is 0. The summed E-state index contributed by atoms with van der Waals surface area (Å²) in [6.45, 7) is 11.5. The Bertz CT molecular complexity index is 938. The van der Waals surface area contributed by atoms with Gasteiger partial charge in [0.1, 0.15) is 29.9 Å². The molecule has 0 unspecified atom stereocenters. The fraction of sp³-hybridized carbons (Fsp3) is 0.643. The molecule has 0 radical (unpaired) electrons. The van der Waals surface area contributed by atoms with Gasteiger partial charge in [0.25, 0.3) is 0 Å². The Balaban J connectivity index is 1.99. The highest BCUT2D eigenvalue weighted by Gasteiger charge is 2.39. The molecular formula is C28H43N3O7. The highest BCUT2D eigenvalue weighted by molar-refractivity contribution is 5.90. The maximum atomic E-state index is 13.5. The number of ether oxygens (including phenoxy) is 3. The molecule has 1 fully saturated rings. The largest absolute Gasteiger partial charge is 0.458 e. The molecule has 212 valence electrons. The van der Waals surface area contributed by atoms with E-state index in [9.17, 15) is 19.2 Å². The average Bonchev–Trinajstić information content (AvgIpc) is 3.30. The van der Waals surface area contributed by atoms with Crippen molar-refractivity contribution in [2.45, 2.75) is 104 Å². The van der Waals surface area contributed by atoms with Crippen LogP contribution in [0.4, 0.5) is 9.59 Å². The first-order valence-electron chi connectivity index (χ1n) is 13.2. The van der Waals surface area contributed by atoms with E-state index in [2.05, 4.69) is 10.6 Å². The van der Waals surface area contributed by atoms with Gasteiger partial charge in [0, 0.05) is 13.1 Å². The van der Waals surface area contributed by atoms with Crippen LogP contribution in [0.3, 0.4) is 0 Å². The monoisotopic (exact) mass is 533 g/mol. The van der Waals surface area contributed by atoms with Gasteiger partial charge < -0.3 is 29.7 Å². The summed E-state index contributed by atoms with van der Waals surface area (Å²) in [5, 5.41) is 5.38. The van der Waals surface area contributed by atoms with Crippen LogP contribution in [0.25, 0.3) is 0 Å². The second kappa shape index (κ2) is 14.0. The van der Waals surface area contributed by atoms with E-state index in [-0.39, 0.29) is 12.5 Å². The van der Waals surface area contributed by atoms with E-state index in [4.69, 9.17) is 14.2 Å². The van der Waals surface area contributed by atoms with Crippen LogP contribution >= 0.6 is 0 Å². The quantitative estimate of drug-likeness (QED) is 0.261. The van der Waals surface area contributed by atoms with Crippen LogP contribution in [-0.4, -0.2) is 65.3 Å². The Morgan fingerprint density at radius 1 is 0.947 bits per heavy atom. The van der Waals surface area contributed by atoms with Gasteiger partial charge in [-0.1, -0.05) is 30.3 Å². The van der Waals surface area contributed by atoms with E-state index in [1.165, 1.54) is 4.90 Å². The number of nitrogens with one attached hydrogen (secondary N) is 2. The molecular weight excluding hydrogens is 490 g/mol. The third-order valence-corrected chi connectivity index (χ3v) is 5.61. The van der Waals surface area contributed by atoms with Crippen molar-refractivity contribution in [3.05, 3.63) is 35.9 Å². The van der Waals surface area contributed by atoms with Crippen molar-refractivity contribution in [3.8, 4) is 0 Å². The Kier molecular flexibility index (Phi) is 11.4. The lowest BCUT2D eigenvalue weighted by Gasteiger charge is -2.30. The Morgan fingerprint density at radius 3 is 2.24 bits per heavy atom. The molecule has 1 heterocycles. The van der Waals surface area contributed by atoms with Gasteiger partial charge in [-0.05, 0) is 79.2 Å². The van der Waals surface area contributed by atoms with Crippen LogP contribution in [0.15, 0.2) is 30.3 Å². The molecule has 38 heavy (non-hydrogen) atoms. The van der Waals surface area contributed by atoms with Crippen LogP contribution < -0.4 is 10.6 Å². The van der Waals surface area contributed by atoms with Gasteiger partial charge in [-0.25, -0.2) is 14.4 Å². The number of carbonyl (C=O) groups excluding carboxylic acids is 4. The van der Waals surface area contributed by atoms with Crippen LogP contribution in [-0.2, 0) is 30.4 Å². The predicted octanol–water partition coefficient (Wildman–Crippen LogP) is 4.31. The van der Waals surface area contributed by atoms with Crippen molar-refractivity contribution in [2.24, 2.45) is 0 Å². The minimum absolute atomic E-state index is 0.0671. The fourth-order valence-electron chi connectivity index (χ4n) is 3.99. The zero-order chi connectivity index (χ0) is 28.3. The van der Waals surface area contributed by atoms with E-state index in [0.717, 1.165) is 5.56 Å². The van der Waals surface area contributed by atoms with Gasteiger partial charge in [-0.15, -0.1) is 0 Å². The third kappa shape index (κ3) is 11.4. The van der Waals surface area contributed by atoms with E-state index in [1.54, 1.807) is 41.5 Å². The number of esters is 1. The molecule has 3 amide bonds. The predicted molar refractivity (Wildman–Crippen MR) is 142 cm³/mol. The van der Waals surface area contributed by atoms with Gasteiger partial charge in [-0.3, -0.25) is 4.79 Å². The van der Waals surface area contributed by atoms with Crippen molar-refractivity contribution in [2.75, 3.05) is 13.1 Å². The summed E-state index contributed by atoms with van der Waals surface area (Å²) in [5.74, 6) is -0.801. The molecule has 1 aromatic carbocycles. The number of alkyl carbamates (subject to hydrolysis) is 2. The summed E-state index contributed by atoms with van der Waals surface area (Å²) in [6, 6.07) is 7.65. The van der Waals surface area contributed by atoms with E-state index >= 15 is 0 Å². The molecule has 0 spiro atoms. The van der Waals surface area contributed by atoms with E-state index in [1.807, 2.05) is 30.3 Å². The molecule has 1 aliphatic heterocycles. The Labute approximate surface area is 225 Å². The zero-order valence-electron chi connectivity index (χ0n) is 23.5. The van der Waals surface area contributed by atoms with Crippen LogP contribution in [0, 0.1) is 0 Å². The van der Waals surface area contributed by atoms with E-state index < -0.39 is 41.4 Å². The standard InChI is InChI=1S/C28H43N3O7/c1-27(2,3)37-24(33)22-16-12-18-31(22)23(32)21(15-10-11-17-29-25(34)38-28(4,5)6)30-26(35)36-19-20-13-8-7-9-14-20/h7-9,13-14,21-22H,10-12,15-19H2,1-6H3,(H,29,34)(H,30,35)/t21-,22-/m0/s1. The van der Waals surface area contributed by atoms with Crippen molar-refractivity contribution in [3.63, 3.8) is 0 Å². The number of amides is 3. The smallest absolute Gasteiger partial charge is 0.408 e. The highest BCUT2D eigenvalue weighted by atomic mass is 16.6. The summed E-state index contributed by atoms with van der Waals surface area (Å²) < 4.78 is 16.1. The first-order valence-corrected chi connectivity index (χ1v) is 13.2. The number of hydrogen-bond acceptors (Lipinski definition) is 7. The van der Waals surface area contributed by atoms with Gasteiger partial charge >= 0.3 is 18.2 Å². The second-order valence-electron chi connectivity index (χ2n) is 11.4. The van der Waals surface area contributed by atoms with Crippen LogP contribution in [0.5, 0.6) is 0 Å². The normalized spacial score (nSPS) is 16.4. The molecule has 0 aliphatic carbocycles. The molecule has 10 nitrogen and oxygen atoms in total. The minimum Gasteiger partial charge on any atom is -0.458 e. The number of rotatable bonds is 10. The maximum absolute atomic E-state index is 13.5. The summed E-state index contributed by atoms with van der Waals surface area (Å²) in [4.78, 5) is 52.2. The van der Waals surface area contributed by atoms with Gasteiger partial charge in [0.2, 0.25) is 5.91 Å². The lowest BCUT2D eigenvalue weighted by atomic mass is 10.1. The minimum atomic E-state index is -0.886. The second-order valence-corrected chi connectivity index (χ2v) is 11.4. The molecule has 2 N–H and O–H groups in total. The van der Waals surface area contributed by atoms with Gasteiger partial charge in [0.05, 0.1) is 0 Å². The summed E-state index contributed by atoms with van der Waals surface area (Å²) in [7, 11) is 0. The molecule has 2 atom stereocenters. The molecule has 0 saturated carbocycles. The highest BCUT2D eigenvalue weighted by Crippen LogP contribution is 2.23. The first-order chi connectivity index (χ1) is 17.7.